The number of anilines is 1. The van der Waals surface area contributed by atoms with Crippen molar-refractivity contribution in [3.05, 3.63) is 29.8 Å². The van der Waals surface area contributed by atoms with E-state index in [1.54, 1.807) is 0 Å². The summed E-state index contributed by atoms with van der Waals surface area (Å²) in [4.78, 5) is 2.56. The second-order valence-electron chi connectivity index (χ2n) is 5.00. The minimum absolute atomic E-state index is 0.171. The molecule has 1 aliphatic rings. The van der Waals surface area contributed by atoms with Crippen molar-refractivity contribution in [2.45, 2.75) is 51.6 Å². The van der Waals surface area contributed by atoms with E-state index in [-0.39, 0.29) is 6.04 Å². The fourth-order valence-corrected chi connectivity index (χ4v) is 2.41. The maximum Gasteiger partial charge on any atom is 0.0417 e. The number of rotatable bonds is 6. The number of hydrogen-bond donors (Lipinski definition) is 1. The first kappa shape index (κ1) is 12.4. The molecule has 0 spiro atoms. The summed E-state index contributed by atoms with van der Waals surface area (Å²) in [6.07, 6.45) is 4.89. The summed E-state index contributed by atoms with van der Waals surface area (Å²) in [5.74, 6) is 0. The Bertz CT molecular complexity index is 358. The Labute approximate surface area is 105 Å². The van der Waals surface area contributed by atoms with Gasteiger partial charge in [0.25, 0.3) is 0 Å². The molecule has 0 saturated heterocycles. The van der Waals surface area contributed by atoms with Gasteiger partial charge >= 0.3 is 0 Å². The summed E-state index contributed by atoms with van der Waals surface area (Å²) >= 11 is 0. The van der Waals surface area contributed by atoms with Gasteiger partial charge in [0, 0.05) is 24.3 Å². The molecule has 1 saturated carbocycles. The van der Waals surface area contributed by atoms with E-state index in [1.807, 2.05) is 0 Å². The molecular weight excluding hydrogens is 208 g/mol. The first-order valence-electron chi connectivity index (χ1n) is 6.89. The van der Waals surface area contributed by atoms with Crippen molar-refractivity contribution in [3.63, 3.8) is 0 Å². The topological polar surface area (TPSA) is 29.3 Å². The van der Waals surface area contributed by atoms with Gasteiger partial charge in [0.1, 0.15) is 0 Å². The van der Waals surface area contributed by atoms with Crippen molar-refractivity contribution in [1.82, 2.24) is 0 Å². The number of hydrogen-bond acceptors (Lipinski definition) is 2. The molecular formula is C15H24N2. The van der Waals surface area contributed by atoms with Crippen LogP contribution >= 0.6 is 0 Å². The summed E-state index contributed by atoms with van der Waals surface area (Å²) in [6, 6.07) is 9.59. The van der Waals surface area contributed by atoms with Crippen LogP contribution in [0.2, 0.25) is 0 Å². The molecule has 0 radical (unpaired) electrons. The third kappa shape index (κ3) is 2.81. The minimum Gasteiger partial charge on any atom is -0.368 e. The van der Waals surface area contributed by atoms with Crippen LogP contribution in [0.5, 0.6) is 0 Å². The quantitative estimate of drug-likeness (QED) is 0.813. The Balaban J connectivity index is 2.28. The van der Waals surface area contributed by atoms with Crippen LogP contribution in [-0.2, 0) is 0 Å². The molecule has 1 aliphatic carbocycles. The molecule has 1 aromatic carbocycles. The van der Waals surface area contributed by atoms with E-state index >= 15 is 0 Å². The van der Waals surface area contributed by atoms with E-state index in [4.69, 9.17) is 5.73 Å². The fraction of sp³-hybridized carbons (Fsp3) is 0.600. The summed E-state index contributed by atoms with van der Waals surface area (Å²) in [5.41, 5.74) is 8.90. The van der Waals surface area contributed by atoms with Crippen molar-refractivity contribution in [1.29, 1.82) is 0 Å². The molecule has 0 heterocycles. The van der Waals surface area contributed by atoms with E-state index < -0.39 is 0 Å². The first-order chi connectivity index (χ1) is 8.27. The second kappa shape index (κ2) is 5.54. The molecule has 2 heteroatoms. The highest BCUT2D eigenvalue weighted by molar-refractivity contribution is 5.56. The van der Waals surface area contributed by atoms with Gasteiger partial charge in [-0.3, -0.25) is 0 Å². The molecule has 0 aliphatic heterocycles. The van der Waals surface area contributed by atoms with Crippen LogP contribution in [0.1, 0.15) is 51.1 Å². The predicted molar refractivity (Wildman–Crippen MR) is 74.3 cm³/mol. The van der Waals surface area contributed by atoms with Gasteiger partial charge in [-0.25, -0.2) is 0 Å². The Kier molecular flexibility index (Phi) is 4.06. The lowest BCUT2D eigenvalue weighted by molar-refractivity contribution is 0.683. The Morgan fingerprint density at radius 2 is 2.00 bits per heavy atom. The number of nitrogens with zero attached hydrogens (tertiary/aromatic N) is 1. The Morgan fingerprint density at radius 3 is 2.59 bits per heavy atom. The highest BCUT2D eigenvalue weighted by Crippen LogP contribution is 2.35. The average Bonchev–Trinajstić information content (AvgIpc) is 3.19. The van der Waals surface area contributed by atoms with E-state index in [0.717, 1.165) is 19.0 Å². The maximum atomic E-state index is 6.22. The van der Waals surface area contributed by atoms with E-state index in [9.17, 15) is 0 Å². The molecule has 0 aromatic heterocycles. The molecule has 2 nitrogen and oxygen atoms in total. The first-order valence-corrected chi connectivity index (χ1v) is 6.89. The van der Waals surface area contributed by atoms with Crippen LogP contribution in [0, 0.1) is 0 Å². The van der Waals surface area contributed by atoms with Gasteiger partial charge in [-0.1, -0.05) is 32.0 Å². The Morgan fingerprint density at radius 1 is 1.29 bits per heavy atom. The standard InChI is InChI=1S/C15H24N2/c1-3-11-17(12-9-10-12)15-8-6-5-7-13(15)14(16)4-2/h5-8,12,14H,3-4,9-11,16H2,1-2H3. The lowest BCUT2D eigenvalue weighted by atomic mass is 10.0. The highest BCUT2D eigenvalue weighted by atomic mass is 15.2. The normalized spacial score (nSPS) is 16.9. The lowest BCUT2D eigenvalue weighted by Crippen LogP contribution is -2.28. The number of para-hydroxylation sites is 1. The molecule has 0 bridgehead atoms. The van der Waals surface area contributed by atoms with Crippen molar-refractivity contribution in [2.24, 2.45) is 5.73 Å². The summed E-state index contributed by atoms with van der Waals surface area (Å²) in [5, 5.41) is 0. The third-order valence-electron chi connectivity index (χ3n) is 3.54. The number of nitrogens with two attached hydrogens (primary N) is 1. The SMILES string of the molecule is CCCN(c1ccccc1C(N)CC)C1CC1. The van der Waals surface area contributed by atoms with Gasteiger partial charge in [0.15, 0.2) is 0 Å². The third-order valence-corrected chi connectivity index (χ3v) is 3.54. The molecule has 1 atom stereocenters. The van der Waals surface area contributed by atoms with Crippen LogP contribution in [-0.4, -0.2) is 12.6 Å². The highest BCUT2D eigenvalue weighted by Gasteiger charge is 2.30. The summed E-state index contributed by atoms with van der Waals surface area (Å²) in [6.45, 7) is 5.55. The van der Waals surface area contributed by atoms with E-state index in [1.165, 1.54) is 30.5 Å². The van der Waals surface area contributed by atoms with Gasteiger partial charge in [-0.05, 0) is 37.3 Å². The zero-order valence-corrected chi connectivity index (χ0v) is 11.0. The van der Waals surface area contributed by atoms with Crippen LogP contribution in [0.25, 0.3) is 0 Å². The zero-order chi connectivity index (χ0) is 12.3. The van der Waals surface area contributed by atoms with Crippen LogP contribution in [0.4, 0.5) is 5.69 Å². The molecule has 2 rings (SSSR count). The predicted octanol–water partition coefficient (Wildman–Crippen LogP) is 3.48. The molecule has 1 unspecified atom stereocenters. The molecule has 1 fully saturated rings. The van der Waals surface area contributed by atoms with Crippen LogP contribution in [0.3, 0.4) is 0 Å². The number of benzene rings is 1. The second-order valence-corrected chi connectivity index (χ2v) is 5.00. The Hall–Kier alpha value is -1.02. The summed E-state index contributed by atoms with van der Waals surface area (Å²) in [7, 11) is 0. The van der Waals surface area contributed by atoms with Crippen molar-refractivity contribution < 1.29 is 0 Å². The van der Waals surface area contributed by atoms with Gasteiger partial charge in [-0.15, -0.1) is 0 Å². The molecule has 1 aromatic rings. The van der Waals surface area contributed by atoms with E-state index in [0.29, 0.717) is 0 Å². The van der Waals surface area contributed by atoms with Gasteiger partial charge in [0.05, 0.1) is 0 Å². The van der Waals surface area contributed by atoms with Crippen molar-refractivity contribution in [2.75, 3.05) is 11.4 Å². The molecule has 94 valence electrons. The zero-order valence-electron chi connectivity index (χ0n) is 11.0. The van der Waals surface area contributed by atoms with Crippen LogP contribution < -0.4 is 10.6 Å². The van der Waals surface area contributed by atoms with Crippen LogP contribution in [0.15, 0.2) is 24.3 Å². The monoisotopic (exact) mass is 232 g/mol. The molecule has 17 heavy (non-hydrogen) atoms. The largest absolute Gasteiger partial charge is 0.368 e. The van der Waals surface area contributed by atoms with Gasteiger partial charge in [0.2, 0.25) is 0 Å². The van der Waals surface area contributed by atoms with Gasteiger partial charge < -0.3 is 10.6 Å². The molecule has 0 amide bonds. The summed E-state index contributed by atoms with van der Waals surface area (Å²) < 4.78 is 0. The van der Waals surface area contributed by atoms with Crippen molar-refractivity contribution in [3.8, 4) is 0 Å². The van der Waals surface area contributed by atoms with E-state index in [2.05, 4.69) is 43.0 Å². The lowest BCUT2D eigenvalue weighted by Gasteiger charge is -2.28. The smallest absolute Gasteiger partial charge is 0.0417 e. The average molecular weight is 232 g/mol. The molecule has 2 N–H and O–H groups in total. The van der Waals surface area contributed by atoms with Crippen molar-refractivity contribution >= 4 is 5.69 Å². The maximum absolute atomic E-state index is 6.22. The van der Waals surface area contributed by atoms with Gasteiger partial charge in [-0.2, -0.15) is 0 Å². The fourth-order valence-electron chi connectivity index (χ4n) is 2.41. The minimum atomic E-state index is 0.171.